The quantitative estimate of drug-likeness (QED) is 0.301. The summed E-state index contributed by atoms with van der Waals surface area (Å²) >= 11 is 5.92. The smallest absolute Gasteiger partial charge is 0.418 e. The summed E-state index contributed by atoms with van der Waals surface area (Å²) in [6.45, 7) is -0.190. The molecule has 0 amide bonds. The number of carbonyl (C=O) groups excluding carboxylic acids is 1. The maximum atomic E-state index is 13.8. The number of carbonyl (C=O) groups is 1. The zero-order chi connectivity index (χ0) is 24.4. The van der Waals surface area contributed by atoms with Crippen LogP contribution in [-0.4, -0.2) is 41.8 Å². The molecule has 0 aliphatic carbocycles. The van der Waals surface area contributed by atoms with Crippen molar-refractivity contribution in [3.8, 4) is 11.8 Å². The molecule has 0 aromatic heterocycles. The first kappa shape index (κ1) is 24.4. The summed E-state index contributed by atoms with van der Waals surface area (Å²) < 4.78 is 45.9. The lowest BCUT2D eigenvalue weighted by Gasteiger charge is -2.38. The lowest BCUT2D eigenvalue weighted by Crippen LogP contribution is -2.48. The summed E-state index contributed by atoms with van der Waals surface area (Å²) in [6.07, 6.45) is -4.45. The Kier molecular flexibility index (Phi) is 6.86. The van der Waals surface area contributed by atoms with Crippen LogP contribution in [0.2, 0.25) is 5.02 Å². The number of methoxy groups -OCH3 is 1. The topological polar surface area (TPSA) is 92.9 Å². The second-order valence-corrected chi connectivity index (χ2v) is 7.89. The molecule has 1 fully saturated rings. The predicted molar refractivity (Wildman–Crippen MR) is 114 cm³/mol. The third kappa shape index (κ3) is 5.56. The highest BCUT2D eigenvalue weighted by Gasteiger charge is 2.41. The first-order chi connectivity index (χ1) is 15.4. The summed E-state index contributed by atoms with van der Waals surface area (Å²) in [6, 6.07) is 7.67. The van der Waals surface area contributed by atoms with Crippen LogP contribution in [-0.2, 0) is 10.9 Å². The highest BCUT2D eigenvalue weighted by molar-refractivity contribution is 6.30. The van der Waals surface area contributed by atoms with Crippen LogP contribution in [0.25, 0.3) is 0 Å². The molecule has 1 heterocycles. The van der Waals surface area contributed by atoms with Crippen molar-refractivity contribution in [3.63, 3.8) is 0 Å². The number of nitro benzene ring substituents is 1. The van der Waals surface area contributed by atoms with Gasteiger partial charge in [0.15, 0.2) is 0 Å². The van der Waals surface area contributed by atoms with Crippen LogP contribution in [0, 0.1) is 22.0 Å². The van der Waals surface area contributed by atoms with Crippen LogP contribution < -0.4 is 4.90 Å². The van der Waals surface area contributed by atoms with Gasteiger partial charge in [-0.15, -0.1) is 0 Å². The fourth-order valence-corrected chi connectivity index (χ4v) is 3.78. The van der Waals surface area contributed by atoms with Crippen molar-refractivity contribution in [2.24, 2.45) is 0 Å². The summed E-state index contributed by atoms with van der Waals surface area (Å²) in [7, 11) is 0.967. The molecular formula is C22H18ClF3N2O5. The van der Waals surface area contributed by atoms with Gasteiger partial charge in [-0.2, -0.15) is 13.2 Å². The van der Waals surface area contributed by atoms with E-state index in [2.05, 4.69) is 16.6 Å². The standard InChI is InChI=1S/C22H18ClF3N2O5/c1-33-20(29)16-11-19(17(22(24,25)26)12-18(16)28(31)32)27-9-3-7-21(30,13-27)8-6-14-4-2-5-15(23)10-14/h2,4-5,10-12,30H,3,7,9,13H2,1H3. The third-order valence-corrected chi connectivity index (χ3v) is 5.33. The SMILES string of the molecule is COC(=O)c1cc(N2CCCC(O)(C#Cc3cccc(Cl)c3)C2)c(C(F)(F)F)cc1[N+](=O)[O-]. The second kappa shape index (κ2) is 9.29. The van der Waals surface area contributed by atoms with Gasteiger partial charge in [-0.05, 0) is 37.1 Å². The van der Waals surface area contributed by atoms with E-state index in [-0.39, 0.29) is 19.5 Å². The first-order valence-corrected chi connectivity index (χ1v) is 10.1. The largest absolute Gasteiger partial charge is 0.465 e. The molecule has 0 saturated carbocycles. The molecule has 2 aromatic carbocycles. The molecule has 33 heavy (non-hydrogen) atoms. The number of rotatable bonds is 3. The summed E-state index contributed by atoms with van der Waals surface area (Å²) in [5.74, 6) is 4.33. The third-order valence-electron chi connectivity index (χ3n) is 5.10. The molecule has 0 bridgehead atoms. The molecule has 1 unspecified atom stereocenters. The molecular weight excluding hydrogens is 465 g/mol. The summed E-state index contributed by atoms with van der Waals surface area (Å²) in [4.78, 5) is 23.5. The van der Waals surface area contributed by atoms with Crippen molar-refractivity contribution in [2.45, 2.75) is 24.6 Å². The zero-order valence-electron chi connectivity index (χ0n) is 17.3. The Hall–Kier alpha value is -3.29. The minimum atomic E-state index is -4.95. The van der Waals surface area contributed by atoms with Crippen LogP contribution >= 0.6 is 11.6 Å². The normalized spacial score (nSPS) is 18.3. The van der Waals surface area contributed by atoms with E-state index in [9.17, 15) is 33.2 Å². The Labute approximate surface area is 191 Å². The highest BCUT2D eigenvalue weighted by atomic mass is 35.5. The van der Waals surface area contributed by atoms with E-state index in [4.69, 9.17) is 11.6 Å². The summed E-state index contributed by atoms with van der Waals surface area (Å²) in [5, 5.41) is 22.7. The number of aliphatic hydroxyl groups is 1. The average molecular weight is 483 g/mol. The van der Waals surface area contributed by atoms with Gasteiger partial charge in [0.1, 0.15) is 11.2 Å². The van der Waals surface area contributed by atoms with Crippen molar-refractivity contribution in [2.75, 3.05) is 25.1 Å². The molecule has 1 N–H and O–H groups in total. The minimum absolute atomic E-state index is 0.114. The van der Waals surface area contributed by atoms with Crippen LogP contribution in [0.4, 0.5) is 24.5 Å². The number of alkyl halides is 3. The Morgan fingerprint density at radius 1 is 1.33 bits per heavy atom. The van der Waals surface area contributed by atoms with Crippen molar-refractivity contribution in [3.05, 3.63) is 68.2 Å². The molecule has 1 aliphatic heterocycles. The van der Waals surface area contributed by atoms with E-state index in [0.29, 0.717) is 23.1 Å². The van der Waals surface area contributed by atoms with Crippen molar-refractivity contribution < 1.29 is 32.7 Å². The van der Waals surface area contributed by atoms with Crippen molar-refractivity contribution >= 4 is 28.9 Å². The Morgan fingerprint density at radius 3 is 2.67 bits per heavy atom. The Balaban J connectivity index is 2.05. The molecule has 1 atom stereocenters. The first-order valence-electron chi connectivity index (χ1n) is 9.67. The number of hydrogen-bond donors (Lipinski definition) is 1. The zero-order valence-corrected chi connectivity index (χ0v) is 18.0. The number of nitro groups is 1. The van der Waals surface area contributed by atoms with Gasteiger partial charge in [-0.3, -0.25) is 10.1 Å². The van der Waals surface area contributed by atoms with Gasteiger partial charge in [0, 0.05) is 23.2 Å². The van der Waals surface area contributed by atoms with E-state index in [1.165, 1.54) is 4.90 Å². The van der Waals surface area contributed by atoms with E-state index in [1.54, 1.807) is 24.3 Å². The fraction of sp³-hybridized carbons (Fsp3) is 0.318. The number of β-amino-alcohol motifs (C(OH)–C–C–N with tert-alkyl or cyclic N) is 1. The molecule has 7 nitrogen and oxygen atoms in total. The minimum Gasteiger partial charge on any atom is -0.465 e. The molecule has 0 spiro atoms. The maximum Gasteiger partial charge on any atom is 0.418 e. The number of benzene rings is 2. The van der Waals surface area contributed by atoms with Crippen LogP contribution in [0.5, 0.6) is 0 Å². The molecule has 174 valence electrons. The fourth-order valence-electron chi connectivity index (χ4n) is 3.59. The lowest BCUT2D eigenvalue weighted by atomic mass is 9.91. The molecule has 2 aromatic rings. The van der Waals surface area contributed by atoms with Crippen molar-refractivity contribution in [1.82, 2.24) is 0 Å². The Morgan fingerprint density at radius 2 is 2.06 bits per heavy atom. The number of esters is 1. The van der Waals surface area contributed by atoms with E-state index in [1.807, 2.05) is 0 Å². The van der Waals surface area contributed by atoms with E-state index >= 15 is 0 Å². The van der Waals surface area contributed by atoms with E-state index in [0.717, 1.165) is 13.2 Å². The highest BCUT2D eigenvalue weighted by Crippen LogP contribution is 2.42. The number of piperidine rings is 1. The van der Waals surface area contributed by atoms with Crippen LogP contribution in [0.1, 0.15) is 34.3 Å². The molecule has 1 saturated heterocycles. The van der Waals surface area contributed by atoms with Gasteiger partial charge in [-0.1, -0.05) is 29.5 Å². The second-order valence-electron chi connectivity index (χ2n) is 7.45. The average Bonchev–Trinajstić information content (AvgIpc) is 2.75. The van der Waals surface area contributed by atoms with Gasteiger partial charge in [-0.25, -0.2) is 4.79 Å². The molecule has 3 rings (SSSR count). The van der Waals surface area contributed by atoms with Crippen LogP contribution in [0.3, 0.4) is 0 Å². The van der Waals surface area contributed by atoms with Gasteiger partial charge < -0.3 is 14.7 Å². The predicted octanol–water partition coefficient (Wildman–Crippen LogP) is 4.44. The van der Waals surface area contributed by atoms with Gasteiger partial charge in [0.05, 0.1) is 29.8 Å². The maximum absolute atomic E-state index is 13.8. The molecule has 11 heteroatoms. The number of anilines is 1. The number of halogens is 4. The molecule has 0 radical (unpaired) electrons. The summed E-state index contributed by atoms with van der Waals surface area (Å²) in [5.41, 5.74) is -4.55. The monoisotopic (exact) mass is 482 g/mol. The Bertz CT molecular complexity index is 1160. The van der Waals surface area contributed by atoms with Gasteiger partial charge >= 0.3 is 12.1 Å². The van der Waals surface area contributed by atoms with Gasteiger partial charge in [0.25, 0.3) is 5.69 Å². The van der Waals surface area contributed by atoms with E-state index < -0.39 is 45.2 Å². The number of hydrogen-bond acceptors (Lipinski definition) is 6. The van der Waals surface area contributed by atoms with Gasteiger partial charge in [0.2, 0.25) is 0 Å². The lowest BCUT2D eigenvalue weighted by molar-refractivity contribution is -0.385. The van der Waals surface area contributed by atoms with Crippen LogP contribution in [0.15, 0.2) is 36.4 Å². The number of ether oxygens (including phenoxy) is 1. The number of nitrogens with zero attached hydrogens (tertiary/aromatic N) is 2. The van der Waals surface area contributed by atoms with Crippen molar-refractivity contribution in [1.29, 1.82) is 0 Å². The molecule has 1 aliphatic rings.